The van der Waals surface area contributed by atoms with E-state index >= 15 is 0 Å². The van der Waals surface area contributed by atoms with Gasteiger partial charge in [-0.15, -0.1) is 0 Å². The van der Waals surface area contributed by atoms with Crippen LogP contribution in [0.1, 0.15) is 59.3 Å². The van der Waals surface area contributed by atoms with E-state index in [1.165, 1.54) is 51.7 Å². The highest BCUT2D eigenvalue weighted by Crippen LogP contribution is 2.26. The van der Waals surface area contributed by atoms with Crippen molar-refractivity contribution in [1.29, 1.82) is 0 Å². The average molecular weight is 294 g/mol. The molecule has 2 aliphatic heterocycles. The Bertz CT molecular complexity index is 325. The number of rotatable bonds is 7. The average Bonchev–Trinajstić information content (AvgIpc) is 2.34. The van der Waals surface area contributed by atoms with Crippen LogP contribution in [0.3, 0.4) is 0 Å². The highest BCUT2D eigenvalue weighted by Gasteiger charge is 2.25. The van der Waals surface area contributed by atoms with Gasteiger partial charge >= 0.3 is 0 Å². The molecule has 0 saturated carbocycles. The van der Waals surface area contributed by atoms with E-state index in [2.05, 4.69) is 25.7 Å². The smallest absolute Gasteiger partial charge is 0.222 e. The van der Waals surface area contributed by atoms with E-state index in [0.717, 1.165) is 31.3 Å². The highest BCUT2D eigenvalue weighted by atomic mass is 16.2. The molecule has 2 saturated heterocycles. The van der Waals surface area contributed by atoms with Crippen molar-refractivity contribution < 1.29 is 4.79 Å². The molecule has 0 bridgehead atoms. The summed E-state index contributed by atoms with van der Waals surface area (Å²) in [5, 5.41) is 0. The van der Waals surface area contributed by atoms with E-state index < -0.39 is 0 Å². The minimum Gasteiger partial charge on any atom is -0.343 e. The van der Waals surface area contributed by atoms with Gasteiger partial charge in [-0.1, -0.05) is 20.8 Å². The van der Waals surface area contributed by atoms with Gasteiger partial charge in [0.25, 0.3) is 0 Å². The molecular formula is C18H34N2O. The van der Waals surface area contributed by atoms with Crippen molar-refractivity contribution in [3.63, 3.8) is 0 Å². The summed E-state index contributed by atoms with van der Waals surface area (Å²) in [5.41, 5.74) is 0. The SMILES string of the molecule is CC(C)CCN1CCCC(CC(C)CC(=O)N2CCC2)C1. The molecule has 122 valence electrons. The highest BCUT2D eigenvalue weighted by molar-refractivity contribution is 5.77. The van der Waals surface area contributed by atoms with Gasteiger partial charge in [-0.3, -0.25) is 4.79 Å². The number of carbonyl (C=O) groups is 1. The van der Waals surface area contributed by atoms with Gasteiger partial charge in [-0.25, -0.2) is 0 Å². The zero-order valence-corrected chi connectivity index (χ0v) is 14.3. The van der Waals surface area contributed by atoms with E-state index in [1.807, 2.05) is 4.90 Å². The fourth-order valence-corrected chi connectivity index (χ4v) is 3.63. The number of carbonyl (C=O) groups excluding carboxylic acids is 1. The lowest BCUT2D eigenvalue weighted by Gasteiger charge is -2.35. The molecule has 1 amide bonds. The Labute approximate surface area is 131 Å². The van der Waals surface area contributed by atoms with Crippen LogP contribution in [0.2, 0.25) is 0 Å². The second-order valence-corrected chi connectivity index (χ2v) is 7.77. The summed E-state index contributed by atoms with van der Waals surface area (Å²) in [6.45, 7) is 12.7. The van der Waals surface area contributed by atoms with Crippen LogP contribution >= 0.6 is 0 Å². The van der Waals surface area contributed by atoms with E-state index in [-0.39, 0.29) is 0 Å². The van der Waals surface area contributed by atoms with Gasteiger partial charge in [0.1, 0.15) is 0 Å². The van der Waals surface area contributed by atoms with Crippen LogP contribution in [-0.4, -0.2) is 48.4 Å². The largest absolute Gasteiger partial charge is 0.343 e. The van der Waals surface area contributed by atoms with Crippen molar-refractivity contribution in [2.24, 2.45) is 17.8 Å². The summed E-state index contributed by atoms with van der Waals surface area (Å²) in [5.74, 6) is 2.55. The first kappa shape index (κ1) is 16.8. The molecule has 0 aromatic heterocycles. The monoisotopic (exact) mass is 294 g/mol. The molecule has 3 heteroatoms. The van der Waals surface area contributed by atoms with Crippen molar-refractivity contribution in [3.8, 4) is 0 Å². The number of piperidine rings is 1. The third-order valence-electron chi connectivity index (χ3n) is 5.09. The fourth-order valence-electron chi connectivity index (χ4n) is 3.63. The molecule has 0 radical (unpaired) electrons. The molecule has 0 N–H and O–H groups in total. The van der Waals surface area contributed by atoms with Gasteiger partial charge in [0.15, 0.2) is 0 Å². The lowest BCUT2D eigenvalue weighted by atomic mass is 9.87. The van der Waals surface area contributed by atoms with Crippen LogP contribution in [0.5, 0.6) is 0 Å². The predicted octanol–water partition coefficient (Wildman–Crippen LogP) is 3.39. The molecule has 3 nitrogen and oxygen atoms in total. The molecule has 2 heterocycles. The number of nitrogens with zero attached hydrogens (tertiary/aromatic N) is 2. The predicted molar refractivity (Wildman–Crippen MR) is 88.2 cm³/mol. The first-order valence-corrected chi connectivity index (χ1v) is 9.04. The molecule has 21 heavy (non-hydrogen) atoms. The van der Waals surface area contributed by atoms with Crippen LogP contribution in [0.25, 0.3) is 0 Å². The zero-order chi connectivity index (χ0) is 15.2. The van der Waals surface area contributed by atoms with Crippen molar-refractivity contribution in [3.05, 3.63) is 0 Å². The van der Waals surface area contributed by atoms with Crippen LogP contribution in [-0.2, 0) is 4.79 Å². The maximum absolute atomic E-state index is 12.0. The number of hydrogen-bond donors (Lipinski definition) is 0. The van der Waals surface area contributed by atoms with Gasteiger partial charge in [-0.2, -0.15) is 0 Å². The van der Waals surface area contributed by atoms with Crippen LogP contribution in [0, 0.1) is 17.8 Å². The second kappa shape index (κ2) is 8.17. The van der Waals surface area contributed by atoms with E-state index in [1.54, 1.807) is 0 Å². The summed E-state index contributed by atoms with van der Waals surface area (Å²) < 4.78 is 0. The number of hydrogen-bond acceptors (Lipinski definition) is 2. The Morgan fingerprint density at radius 3 is 2.52 bits per heavy atom. The van der Waals surface area contributed by atoms with Crippen LogP contribution in [0.4, 0.5) is 0 Å². The van der Waals surface area contributed by atoms with Crippen LogP contribution < -0.4 is 0 Å². The van der Waals surface area contributed by atoms with Crippen molar-refractivity contribution in [2.45, 2.75) is 59.3 Å². The first-order chi connectivity index (χ1) is 10.0. The van der Waals surface area contributed by atoms with Gasteiger partial charge in [0.05, 0.1) is 0 Å². The van der Waals surface area contributed by atoms with Crippen LogP contribution in [0.15, 0.2) is 0 Å². The van der Waals surface area contributed by atoms with Crippen molar-refractivity contribution in [1.82, 2.24) is 9.80 Å². The maximum Gasteiger partial charge on any atom is 0.222 e. The lowest BCUT2D eigenvalue weighted by molar-refractivity contribution is -0.135. The summed E-state index contributed by atoms with van der Waals surface area (Å²) >= 11 is 0. The van der Waals surface area contributed by atoms with E-state index in [0.29, 0.717) is 11.8 Å². The summed E-state index contributed by atoms with van der Waals surface area (Å²) in [7, 11) is 0. The third-order valence-corrected chi connectivity index (χ3v) is 5.09. The summed E-state index contributed by atoms with van der Waals surface area (Å²) in [6, 6.07) is 0. The Morgan fingerprint density at radius 2 is 1.90 bits per heavy atom. The maximum atomic E-state index is 12.0. The minimum absolute atomic E-state index is 0.390. The molecule has 0 aliphatic carbocycles. The Kier molecular flexibility index (Phi) is 6.53. The molecule has 2 rings (SSSR count). The Morgan fingerprint density at radius 1 is 1.14 bits per heavy atom. The minimum atomic E-state index is 0.390. The number of likely N-dealkylation sites (tertiary alicyclic amines) is 2. The standard InChI is InChI=1S/C18H34N2O/c1-15(2)7-11-19-8-4-6-17(14-19)12-16(3)13-18(21)20-9-5-10-20/h15-17H,4-14H2,1-3H3. The summed E-state index contributed by atoms with van der Waals surface area (Å²) in [6.07, 6.45) is 7.22. The molecule has 0 spiro atoms. The van der Waals surface area contributed by atoms with E-state index in [9.17, 15) is 4.79 Å². The Hall–Kier alpha value is -0.570. The Balaban J connectivity index is 1.67. The molecule has 2 atom stereocenters. The molecule has 2 fully saturated rings. The molecule has 0 aromatic rings. The lowest BCUT2D eigenvalue weighted by Crippen LogP contribution is -2.43. The summed E-state index contributed by atoms with van der Waals surface area (Å²) in [4.78, 5) is 16.7. The van der Waals surface area contributed by atoms with Gasteiger partial charge in [-0.05, 0) is 62.9 Å². The topological polar surface area (TPSA) is 23.6 Å². The molecule has 2 aliphatic rings. The molecule has 2 unspecified atom stereocenters. The van der Waals surface area contributed by atoms with E-state index in [4.69, 9.17) is 0 Å². The van der Waals surface area contributed by atoms with Gasteiger partial charge < -0.3 is 9.80 Å². The van der Waals surface area contributed by atoms with Gasteiger partial charge in [0, 0.05) is 26.1 Å². The molecule has 0 aromatic carbocycles. The normalized spacial score (nSPS) is 25.0. The zero-order valence-electron chi connectivity index (χ0n) is 14.3. The first-order valence-electron chi connectivity index (χ1n) is 9.04. The quantitative estimate of drug-likeness (QED) is 0.718. The second-order valence-electron chi connectivity index (χ2n) is 7.77. The molecular weight excluding hydrogens is 260 g/mol. The van der Waals surface area contributed by atoms with Gasteiger partial charge in [0.2, 0.25) is 5.91 Å². The number of amides is 1. The fraction of sp³-hybridized carbons (Fsp3) is 0.944. The van der Waals surface area contributed by atoms with Crippen molar-refractivity contribution in [2.75, 3.05) is 32.7 Å². The third kappa shape index (κ3) is 5.61. The van der Waals surface area contributed by atoms with Crippen molar-refractivity contribution >= 4 is 5.91 Å².